The summed E-state index contributed by atoms with van der Waals surface area (Å²) in [5.41, 5.74) is 2.82. The van der Waals surface area contributed by atoms with Crippen molar-refractivity contribution in [2.75, 3.05) is 13.1 Å². The number of benzene rings is 2. The third kappa shape index (κ3) is 4.50. The Labute approximate surface area is 165 Å². The van der Waals surface area contributed by atoms with Crippen molar-refractivity contribution < 1.29 is 13.2 Å². The van der Waals surface area contributed by atoms with Gasteiger partial charge in [-0.05, 0) is 67.7 Å². The van der Waals surface area contributed by atoms with Crippen LogP contribution in [0, 0.1) is 6.92 Å². The Bertz CT molecular complexity index is 821. The number of thioether (sulfide) groups is 1. The van der Waals surface area contributed by atoms with Gasteiger partial charge in [0.2, 0.25) is 0 Å². The molecule has 1 heterocycles. The van der Waals surface area contributed by atoms with Crippen LogP contribution in [-0.2, 0) is 24.8 Å². The van der Waals surface area contributed by atoms with Gasteiger partial charge >= 0.3 is 6.18 Å². The van der Waals surface area contributed by atoms with Crippen molar-refractivity contribution in [1.29, 1.82) is 0 Å². The van der Waals surface area contributed by atoms with Gasteiger partial charge in [-0.15, -0.1) is 11.8 Å². The average molecular weight is 420 g/mol. The zero-order valence-electron chi connectivity index (χ0n) is 14.1. The van der Waals surface area contributed by atoms with Crippen LogP contribution in [0.2, 0.25) is 10.0 Å². The molecule has 2 aromatic carbocycles. The molecule has 0 saturated heterocycles. The summed E-state index contributed by atoms with van der Waals surface area (Å²) in [7, 11) is 0. The van der Waals surface area contributed by atoms with Crippen molar-refractivity contribution in [3.63, 3.8) is 0 Å². The number of alkyl halides is 3. The van der Waals surface area contributed by atoms with E-state index in [-0.39, 0.29) is 0 Å². The molecule has 0 amide bonds. The van der Waals surface area contributed by atoms with Crippen molar-refractivity contribution in [1.82, 2.24) is 5.32 Å². The standard InChI is InChI=1S/C19H18Cl2F3NS/c1-11-6-12(8-13(7-11)19(22,23)24)10-26-18-15-3-5-25-4-2-14(15)16(20)9-17(18)21/h6-9,25H,2-5,10H2,1H3. The minimum absolute atomic E-state index is 0.423. The van der Waals surface area contributed by atoms with Crippen LogP contribution in [0.3, 0.4) is 0 Å². The second kappa shape index (κ2) is 8.01. The molecule has 0 fully saturated rings. The molecule has 140 valence electrons. The van der Waals surface area contributed by atoms with Crippen LogP contribution in [0.15, 0.2) is 29.2 Å². The van der Waals surface area contributed by atoms with E-state index in [0.29, 0.717) is 26.9 Å². The predicted octanol–water partition coefficient (Wildman–Crippen LogP) is 6.30. The average Bonchev–Trinajstić information content (AvgIpc) is 2.79. The number of hydrogen-bond donors (Lipinski definition) is 1. The first kappa shape index (κ1) is 19.9. The molecule has 0 unspecified atom stereocenters. The van der Waals surface area contributed by atoms with Gasteiger partial charge in [0.1, 0.15) is 0 Å². The zero-order valence-corrected chi connectivity index (χ0v) is 16.5. The largest absolute Gasteiger partial charge is 0.416 e. The fraction of sp³-hybridized carbons (Fsp3) is 0.368. The van der Waals surface area contributed by atoms with Crippen LogP contribution < -0.4 is 5.32 Å². The van der Waals surface area contributed by atoms with E-state index in [1.165, 1.54) is 23.9 Å². The number of aryl methyl sites for hydroxylation is 1. The molecule has 26 heavy (non-hydrogen) atoms. The number of nitrogens with one attached hydrogen (secondary N) is 1. The van der Waals surface area contributed by atoms with Gasteiger partial charge in [-0.25, -0.2) is 0 Å². The predicted molar refractivity (Wildman–Crippen MR) is 102 cm³/mol. The van der Waals surface area contributed by atoms with Crippen molar-refractivity contribution in [3.8, 4) is 0 Å². The maximum atomic E-state index is 13.0. The Kier molecular flexibility index (Phi) is 6.12. The molecule has 3 rings (SSSR count). The molecule has 1 aliphatic rings. The smallest absolute Gasteiger partial charge is 0.316 e. The molecule has 0 aliphatic carbocycles. The van der Waals surface area contributed by atoms with E-state index in [9.17, 15) is 13.2 Å². The van der Waals surface area contributed by atoms with Gasteiger partial charge in [0, 0.05) is 15.7 Å². The molecule has 1 aliphatic heterocycles. The molecule has 0 radical (unpaired) electrons. The van der Waals surface area contributed by atoms with Gasteiger partial charge in [-0.3, -0.25) is 0 Å². The van der Waals surface area contributed by atoms with Crippen LogP contribution in [0.25, 0.3) is 0 Å². The molecule has 0 aromatic heterocycles. The summed E-state index contributed by atoms with van der Waals surface area (Å²) < 4.78 is 39.1. The van der Waals surface area contributed by atoms with Gasteiger partial charge in [-0.2, -0.15) is 13.2 Å². The Hall–Kier alpha value is -0.880. The Morgan fingerprint density at radius 2 is 1.69 bits per heavy atom. The van der Waals surface area contributed by atoms with E-state index < -0.39 is 11.7 Å². The number of halogens is 5. The van der Waals surface area contributed by atoms with E-state index in [1.54, 1.807) is 19.1 Å². The van der Waals surface area contributed by atoms with E-state index in [0.717, 1.165) is 42.0 Å². The van der Waals surface area contributed by atoms with Crippen molar-refractivity contribution in [2.24, 2.45) is 0 Å². The van der Waals surface area contributed by atoms with Crippen LogP contribution in [0.4, 0.5) is 13.2 Å². The summed E-state index contributed by atoms with van der Waals surface area (Å²) in [5, 5.41) is 4.56. The first-order valence-corrected chi connectivity index (χ1v) is 10.0. The highest BCUT2D eigenvalue weighted by Gasteiger charge is 2.31. The van der Waals surface area contributed by atoms with Gasteiger partial charge in [0.25, 0.3) is 0 Å². The van der Waals surface area contributed by atoms with E-state index >= 15 is 0 Å². The number of rotatable bonds is 3. The number of hydrogen-bond acceptors (Lipinski definition) is 2. The molecule has 0 saturated carbocycles. The van der Waals surface area contributed by atoms with Crippen LogP contribution >= 0.6 is 35.0 Å². The second-order valence-corrected chi connectivity index (χ2v) is 8.17. The monoisotopic (exact) mass is 419 g/mol. The maximum absolute atomic E-state index is 13.0. The summed E-state index contributed by atoms with van der Waals surface area (Å²) in [6.45, 7) is 3.36. The highest BCUT2D eigenvalue weighted by molar-refractivity contribution is 7.98. The third-order valence-electron chi connectivity index (χ3n) is 4.35. The highest BCUT2D eigenvalue weighted by Crippen LogP contribution is 2.40. The Morgan fingerprint density at radius 1 is 1.00 bits per heavy atom. The fourth-order valence-electron chi connectivity index (χ4n) is 3.20. The first-order valence-electron chi connectivity index (χ1n) is 8.26. The summed E-state index contributed by atoms with van der Waals surface area (Å²) >= 11 is 14.2. The Balaban J connectivity index is 1.90. The molecule has 7 heteroatoms. The van der Waals surface area contributed by atoms with Gasteiger partial charge in [0.15, 0.2) is 0 Å². The van der Waals surface area contributed by atoms with E-state index in [1.807, 2.05) is 0 Å². The quantitative estimate of drug-likeness (QED) is 0.585. The van der Waals surface area contributed by atoms with Crippen molar-refractivity contribution >= 4 is 35.0 Å². The van der Waals surface area contributed by atoms with Crippen molar-refractivity contribution in [2.45, 2.75) is 36.6 Å². The van der Waals surface area contributed by atoms with Crippen molar-refractivity contribution in [3.05, 3.63) is 62.1 Å². The SMILES string of the molecule is Cc1cc(CSc2c(Cl)cc(Cl)c3c2CCNCC3)cc(C(F)(F)F)c1. The van der Waals surface area contributed by atoms with Crippen LogP contribution in [0.5, 0.6) is 0 Å². The lowest BCUT2D eigenvalue weighted by molar-refractivity contribution is -0.137. The summed E-state index contributed by atoms with van der Waals surface area (Å²) in [6.07, 6.45) is -2.72. The highest BCUT2D eigenvalue weighted by atomic mass is 35.5. The van der Waals surface area contributed by atoms with Gasteiger partial charge in [-0.1, -0.05) is 34.8 Å². The van der Waals surface area contributed by atoms with Crippen LogP contribution in [0.1, 0.15) is 27.8 Å². The minimum atomic E-state index is -4.34. The molecule has 1 N–H and O–H groups in total. The summed E-state index contributed by atoms with van der Waals surface area (Å²) in [4.78, 5) is 0.921. The molecule has 0 spiro atoms. The normalized spacial score (nSPS) is 14.8. The molecule has 0 atom stereocenters. The van der Waals surface area contributed by atoms with E-state index in [4.69, 9.17) is 23.2 Å². The topological polar surface area (TPSA) is 12.0 Å². The van der Waals surface area contributed by atoms with E-state index in [2.05, 4.69) is 5.32 Å². The molecule has 2 aromatic rings. The summed E-state index contributed by atoms with van der Waals surface area (Å²) in [6, 6.07) is 5.91. The first-order chi connectivity index (χ1) is 12.3. The number of fused-ring (bicyclic) bond motifs is 1. The maximum Gasteiger partial charge on any atom is 0.416 e. The van der Waals surface area contributed by atoms with Crippen LogP contribution in [-0.4, -0.2) is 13.1 Å². The fourth-order valence-corrected chi connectivity index (χ4v) is 5.03. The molecule has 1 nitrogen and oxygen atoms in total. The molecular weight excluding hydrogens is 402 g/mol. The van der Waals surface area contributed by atoms with Gasteiger partial charge < -0.3 is 5.32 Å². The lowest BCUT2D eigenvalue weighted by atomic mass is 10.0. The third-order valence-corrected chi connectivity index (χ3v) is 6.33. The lowest BCUT2D eigenvalue weighted by Gasteiger charge is -2.16. The van der Waals surface area contributed by atoms with Gasteiger partial charge in [0.05, 0.1) is 10.6 Å². The molecular formula is C19H18Cl2F3NS. The second-order valence-electron chi connectivity index (χ2n) is 6.37. The minimum Gasteiger partial charge on any atom is -0.316 e. The lowest BCUT2D eigenvalue weighted by Crippen LogP contribution is -2.16. The molecule has 0 bridgehead atoms. The zero-order chi connectivity index (χ0) is 18.9. The summed E-state index contributed by atoms with van der Waals surface area (Å²) in [5.74, 6) is 0.423. The Morgan fingerprint density at radius 3 is 2.38 bits per heavy atom.